The van der Waals surface area contributed by atoms with Crippen LogP contribution in [0.1, 0.15) is 51.4 Å². The predicted octanol–water partition coefficient (Wildman–Crippen LogP) is 6.75. The molecule has 0 saturated carbocycles. The van der Waals surface area contributed by atoms with Crippen molar-refractivity contribution < 1.29 is 4.79 Å². The Balaban J connectivity index is 1.24. The minimum atomic E-state index is -0.345. The molecule has 6 rings (SSSR count). The Hall–Kier alpha value is -4.50. The van der Waals surface area contributed by atoms with Gasteiger partial charge in [-0.05, 0) is 49.0 Å². The number of urea groups is 1. The van der Waals surface area contributed by atoms with Gasteiger partial charge in [0.25, 0.3) is 0 Å². The van der Waals surface area contributed by atoms with Crippen LogP contribution in [0.15, 0.2) is 73.2 Å². The summed E-state index contributed by atoms with van der Waals surface area (Å²) in [6, 6.07) is 18.0. The topological polar surface area (TPSA) is 92.9 Å². The highest BCUT2D eigenvalue weighted by Crippen LogP contribution is 2.33. The lowest BCUT2D eigenvalue weighted by molar-refractivity contribution is 0.218. The van der Waals surface area contributed by atoms with Gasteiger partial charge in [-0.1, -0.05) is 63.6 Å². The number of hydrogen-bond acceptors (Lipinski definition) is 5. The summed E-state index contributed by atoms with van der Waals surface area (Å²) in [6.45, 7) is 9.49. The van der Waals surface area contributed by atoms with Crippen LogP contribution < -0.4 is 10.6 Å². The summed E-state index contributed by atoms with van der Waals surface area (Å²) in [5.74, 6) is 0.571. The van der Waals surface area contributed by atoms with Gasteiger partial charge in [0.05, 0.1) is 29.5 Å². The second-order valence-corrected chi connectivity index (χ2v) is 12.1. The molecule has 42 heavy (non-hydrogen) atoms. The van der Waals surface area contributed by atoms with Gasteiger partial charge in [-0.15, -0.1) is 0 Å². The van der Waals surface area contributed by atoms with Gasteiger partial charge in [0.2, 0.25) is 0 Å². The van der Waals surface area contributed by atoms with Crippen LogP contribution in [0.25, 0.3) is 27.6 Å². The molecule has 0 spiro atoms. The van der Waals surface area contributed by atoms with E-state index in [0.717, 1.165) is 64.3 Å². The van der Waals surface area contributed by atoms with Crippen LogP contribution >= 0.6 is 0 Å². The van der Waals surface area contributed by atoms with Gasteiger partial charge in [0, 0.05) is 42.2 Å². The number of likely N-dealkylation sites (tertiary alicyclic amines) is 1. The van der Waals surface area contributed by atoms with Crippen LogP contribution in [-0.2, 0) is 19.0 Å². The van der Waals surface area contributed by atoms with E-state index in [1.165, 1.54) is 19.3 Å². The Morgan fingerprint density at radius 2 is 1.71 bits per heavy atom. The van der Waals surface area contributed by atoms with Crippen LogP contribution in [0.4, 0.5) is 16.3 Å². The second kappa shape index (κ2) is 11.4. The van der Waals surface area contributed by atoms with E-state index < -0.39 is 0 Å². The number of carbonyl (C=O) groups excluding carboxylic acids is 1. The summed E-state index contributed by atoms with van der Waals surface area (Å²) in [5, 5.41) is 17.1. The van der Waals surface area contributed by atoms with E-state index in [1.807, 2.05) is 49.8 Å². The maximum Gasteiger partial charge on any atom is 0.324 e. The molecule has 1 saturated heterocycles. The van der Waals surface area contributed by atoms with Gasteiger partial charge in [0.1, 0.15) is 11.5 Å². The number of rotatable bonds is 6. The molecule has 3 aromatic heterocycles. The zero-order chi connectivity index (χ0) is 29.3. The summed E-state index contributed by atoms with van der Waals surface area (Å²) in [6.07, 6.45) is 9.43. The van der Waals surface area contributed by atoms with Crippen LogP contribution in [0, 0.1) is 0 Å². The van der Waals surface area contributed by atoms with Crippen LogP contribution in [0.2, 0.25) is 0 Å². The number of amides is 2. The molecular weight excluding hydrogens is 524 g/mol. The lowest BCUT2D eigenvalue weighted by atomic mass is 9.92. The summed E-state index contributed by atoms with van der Waals surface area (Å²) in [5.41, 5.74) is 5.41. The minimum absolute atomic E-state index is 0.187. The number of piperidine rings is 1. The summed E-state index contributed by atoms with van der Waals surface area (Å²) >= 11 is 0. The van der Waals surface area contributed by atoms with Gasteiger partial charge in [-0.3, -0.25) is 19.9 Å². The quantitative estimate of drug-likeness (QED) is 0.239. The van der Waals surface area contributed by atoms with Gasteiger partial charge in [-0.25, -0.2) is 9.48 Å². The van der Waals surface area contributed by atoms with Gasteiger partial charge in [0.15, 0.2) is 0 Å². The first-order chi connectivity index (χ1) is 20.2. The van der Waals surface area contributed by atoms with Crippen molar-refractivity contribution in [2.24, 2.45) is 7.05 Å². The van der Waals surface area contributed by atoms with Gasteiger partial charge < -0.3 is 5.32 Å². The maximum absolute atomic E-state index is 13.3. The lowest BCUT2D eigenvalue weighted by Crippen LogP contribution is -2.29. The smallest absolute Gasteiger partial charge is 0.307 e. The molecule has 5 aromatic rings. The Morgan fingerprint density at radius 1 is 0.929 bits per heavy atom. The predicted molar refractivity (Wildman–Crippen MR) is 168 cm³/mol. The van der Waals surface area contributed by atoms with E-state index in [-0.39, 0.29) is 11.4 Å². The number of anilines is 2. The fraction of sp³-hybridized carbons (Fsp3) is 0.333. The normalized spacial score (nSPS) is 14.3. The number of hydrogen-bond donors (Lipinski definition) is 2. The van der Waals surface area contributed by atoms with E-state index in [1.54, 1.807) is 15.6 Å². The largest absolute Gasteiger partial charge is 0.324 e. The van der Waals surface area contributed by atoms with Crippen LogP contribution in [0.3, 0.4) is 0 Å². The molecule has 9 heteroatoms. The highest BCUT2D eigenvalue weighted by atomic mass is 16.2. The fourth-order valence-electron chi connectivity index (χ4n) is 5.50. The first kappa shape index (κ1) is 27.7. The van der Waals surface area contributed by atoms with Crippen LogP contribution in [-0.4, -0.2) is 48.6 Å². The molecule has 1 fully saturated rings. The SMILES string of the molecule is Cn1cc(-n2nc(C(C)(C)C)cc2NC(=O)Nc2ccc(-c3ccc(CN4CCCCC4)nc3)c3ccccc23)cn1. The van der Waals surface area contributed by atoms with E-state index in [4.69, 9.17) is 10.1 Å². The van der Waals surface area contributed by atoms with E-state index >= 15 is 0 Å². The second-order valence-electron chi connectivity index (χ2n) is 12.1. The Kier molecular flexibility index (Phi) is 7.51. The molecule has 2 amide bonds. The first-order valence-corrected chi connectivity index (χ1v) is 14.6. The number of aryl methyl sites for hydroxylation is 1. The molecule has 9 nitrogen and oxygen atoms in total. The average molecular weight is 563 g/mol. The Labute approximate surface area is 246 Å². The van der Waals surface area contributed by atoms with Crippen molar-refractivity contribution >= 4 is 28.3 Å². The summed E-state index contributed by atoms with van der Waals surface area (Å²) in [7, 11) is 1.85. The van der Waals surface area contributed by atoms with Crippen molar-refractivity contribution in [3.8, 4) is 16.8 Å². The van der Waals surface area contributed by atoms with Gasteiger partial charge >= 0.3 is 6.03 Å². The zero-order valence-corrected chi connectivity index (χ0v) is 24.8. The number of carbonyl (C=O) groups is 1. The molecule has 2 N–H and O–H groups in total. The van der Waals surface area contributed by atoms with Crippen molar-refractivity contribution in [1.82, 2.24) is 29.4 Å². The first-order valence-electron chi connectivity index (χ1n) is 14.6. The van der Waals surface area contributed by atoms with E-state index in [0.29, 0.717) is 5.82 Å². The molecule has 216 valence electrons. The van der Waals surface area contributed by atoms with Crippen molar-refractivity contribution in [3.63, 3.8) is 0 Å². The third-order valence-corrected chi connectivity index (χ3v) is 7.80. The molecule has 0 atom stereocenters. The summed E-state index contributed by atoms with van der Waals surface area (Å²) in [4.78, 5) is 20.6. The number of benzene rings is 2. The Bertz CT molecular complexity index is 1700. The minimum Gasteiger partial charge on any atom is -0.307 e. The van der Waals surface area contributed by atoms with Gasteiger partial charge in [-0.2, -0.15) is 10.2 Å². The average Bonchev–Trinajstić information content (AvgIpc) is 3.60. The zero-order valence-electron chi connectivity index (χ0n) is 24.8. The number of fused-ring (bicyclic) bond motifs is 1. The Morgan fingerprint density at radius 3 is 2.40 bits per heavy atom. The molecule has 0 bridgehead atoms. The molecule has 2 aromatic carbocycles. The number of nitrogens with zero attached hydrogens (tertiary/aromatic N) is 6. The number of aromatic nitrogens is 5. The standard InChI is InChI=1S/C33H38N8O/c1-33(2,3)30-18-31(41(38-30)25-20-35-39(4)22-25)37-32(42)36-29-15-14-26(27-10-6-7-11-28(27)29)23-12-13-24(34-19-23)21-40-16-8-5-9-17-40/h6-7,10-15,18-20,22H,5,8-9,16-17,21H2,1-4H3,(H2,36,37,42). The fourth-order valence-corrected chi connectivity index (χ4v) is 5.50. The number of pyridine rings is 1. The maximum atomic E-state index is 13.3. The monoisotopic (exact) mass is 562 g/mol. The molecule has 0 unspecified atom stereocenters. The third-order valence-electron chi connectivity index (χ3n) is 7.80. The highest BCUT2D eigenvalue weighted by Gasteiger charge is 2.22. The van der Waals surface area contributed by atoms with Crippen molar-refractivity contribution in [2.75, 3.05) is 23.7 Å². The third kappa shape index (κ3) is 5.92. The molecule has 4 heterocycles. The van der Waals surface area contributed by atoms with Crippen molar-refractivity contribution in [1.29, 1.82) is 0 Å². The summed E-state index contributed by atoms with van der Waals surface area (Å²) < 4.78 is 3.43. The lowest BCUT2D eigenvalue weighted by Gasteiger charge is -2.25. The molecule has 1 aliphatic rings. The van der Waals surface area contributed by atoms with Crippen molar-refractivity contribution in [2.45, 2.75) is 52.0 Å². The molecular formula is C33H38N8O. The molecule has 0 radical (unpaired) electrons. The molecule has 0 aliphatic carbocycles. The van der Waals surface area contributed by atoms with E-state index in [9.17, 15) is 4.79 Å². The van der Waals surface area contributed by atoms with E-state index in [2.05, 4.69) is 65.7 Å². The highest BCUT2D eigenvalue weighted by molar-refractivity contribution is 6.09. The van der Waals surface area contributed by atoms with Crippen molar-refractivity contribution in [3.05, 3.63) is 84.6 Å². The number of nitrogens with one attached hydrogen (secondary N) is 2. The molecule has 1 aliphatic heterocycles. The van der Waals surface area contributed by atoms with Crippen LogP contribution in [0.5, 0.6) is 0 Å².